The van der Waals surface area contributed by atoms with Crippen LogP contribution in [0, 0.1) is 0 Å². The number of pyridine rings is 1. The van der Waals surface area contributed by atoms with Crippen molar-refractivity contribution < 1.29 is 4.79 Å². The molecule has 5 heteroatoms. The Balaban J connectivity index is 1.91. The summed E-state index contributed by atoms with van der Waals surface area (Å²) >= 11 is 0. The van der Waals surface area contributed by atoms with E-state index in [1.54, 1.807) is 24.2 Å². The fourth-order valence-electron chi connectivity index (χ4n) is 2.41. The van der Waals surface area contributed by atoms with Crippen LogP contribution in [0.1, 0.15) is 12.8 Å². The first kappa shape index (κ1) is 14.4. The second-order valence-electron chi connectivity index (χ2n) is 5.09. The molecule has 0 aromatic carbocycles. The molecule has 1 atom stereocenters. The number of amides is 2. The summed E-state index contributed by atoms with van der Waals surface area (Å²) in [5.74, 6) is 0.978. The summed E-state index contributed by atoms with van der Waals surface area (Å²) < 4.78 is 0. The highest BCUT2D eigenvalue weighted by molar-refractivity contribution is 5.74. The lowest BCUT2D eigenvalue weighted by molar-refractivity contribution is 0.207. The number of likely N-dealkylation sites (N-methyl/N-ethyl adjacent to an activating group) is 1. The minimum absolute atomic E-state index is 0.0437. The Morgan fingerprint density at radius 3 is 3.20 bits per heavy atom. The molecule has 0 aliphatic carbocycles. The van der Waals surface area contributed by atoms with Gasteiger partial charge in [0.15, 0.2) is 0 Å². The van der Waals surface area contributed by atoms with Crippen molar-refractivity contribution in [2.45, 2.75) is 18.9 Å². The molecule has 1 saturated heterocycles. The highest BCUT2D eigenvalue weighted by Gasteiger charge is 2.22. The number of piperidine rings is 1. The number of hydrogen-bond donors (Lipinski definition) is 1. The fourth-order valence-corrected chi connectivity index (χ4v) is 2.41. The smallest absolute Gasteiger partial charge is 0.317 e. The molecule has 0 spiro atoms. The quantitative estimate of drug-likeness (QED) is 0.853. The largest absolute Gasteiger partial charge is 0.355 e. The van der Waals surface area contributed by atoms with Crippen molar-refractivity contribution in [2.24, 2.45) is 0 Å². The van der Waals surface area contributed by atoms with Crippen LogP contribution in [-0.2, 0) is 0 Å². The predicted molar refractivity (Wildman–Crippen MR) is 80.8 cm³/mol. The minimum atomic E-state index is -0.0437. The number of hydrogen-bond acceptors (Lipinski definition) is 3. The van der Waals surface area contributed by atoms with Gasteiger partial charge in [-0.05, 0) is 25.0 Å². The number of carbonyl (C=O) groups excluding carboxylic acids is 1. The molecule has 2 heterocycles. The van der Waals surface area contributed by atoms with Crippen LogP contribution in [0.4, 0.5) is 10.6 Å². The van der Waals surface area contributed by atoms with Crippen LogP contribution in [0.25, 0.3) is 0 Å². The Hall–Kier alpha value is -2.04. The number of aromatic nitrogens is 1. The maximum atomic E-state index is 12.0. The molecule has 5 nitrogen and oxygen atoms in total. The maximum absolute atomic E-state index is 12.0. The van der Waals surface area contributed by atoms with Crippen molar-refractivity contribution in [2.75, 3.05) is 31.6 Å². The molecular weight excluding hydrogens is 252 g/mol. The molecule has 0 saturated carbocycles. The molecule has 2 rings (SSSR count). The second-order valence-corrected chi connectivity index (χ2v) is 5.09. The number of urea groups is 1. The van der Waals surface area contributed by atoms with Gasteiger partial charge < -0.3 is 15.1 Å². The first-order valence-corrected chi connectivity index (χ1v) is 6.99. The van der Waals surface area contributed by atoms with E-state index in [4.69, 9.17) is 0 Å². The van der Waals surface area contributed by atoms with Gasteiger partial charge >= 0.3 is 6.03 Å². The van der Waals surface area contributed by atoms with Crippen LogP contribution in [0.5, 0.6) is 0 Å². The lowest BCUT2D eigenvalue weighted by Crippen LogP contribution is -2.51. The SMILES string of the molecule is C=CCN(C)C(=O)NC1CCCN(c2ccccn2)C1. The Morgan fingerprint density at radius 1 is 1.65 bits per heavy atom. The summed E-state index contributed by atoms with van der Waals surface area (Å²) in [6.07, 6.45) is 5.60. The summed E-state index contributed by atoms with van der Waals surface area (Å²) in [7, 11) is 1.77. The molecular formula is C15H22N4O. The van der Waals surface area contributed by atoms with Gasteiger partial charge in [0.25, 0.3) is 0 Å². The molecule has 20 heavy (non-hydrogen) atoms. The monoisotopic (exact) mass is 274 g/mol. The normalized spacial score (nSPS) is 18.4. The first-order valence-electron chi connectivity index (χ1n) is 6.99. The number of nitrogens with one attached hydrogen (secondary N) is 1. The molecule has 1 N–H and O–H groups in total. The standard InChI is InChI=1S/C15H22N4O/c1-3-10-18(2)15(20)17-13-7-6-11-19(12-13)14-8-4-5-9-16-14/h3-5,8-9,13H,1,6-7,10-12H2,2H3,(H,17,20). The molecule has 1 unspecified atom stereocenters. The van der Waals surface area contributed by atoms with Crippen molar-refractivity contribution in [3.8, 4) is 0 Å². The van der Waals surface area contributed by atoms with E-state index in [0.717, 1.165) is 31.7 Å². The van der Waals surface area contributed by atoms with Crippen LogP contribution >= 0.6 is 0 Å². The predicted octanol–water partition coefficient (Wildman–Crippen LogP) is 1.88. The summed E-state index contributed by atoms with van der Waals surface area (Å²) in [5.41, 5.74) is 0. The molecule has 108 valence electrons. The van der Waals surface area contributed by atoms with E-state index in [2.05, 4.69) is 21.8 Å². The molecule has 1 aliphatic rings. The third kappa shape index (κ3) is 3.73. The maximum Gasteiger partial charge on any atom is 0.317 e. The van der Waals surface area contributed by atoms with Gasteiger partial charge in [0, 0.05) is 38.9 Å². The molecule has 1 aliphatic heterocycles. The van der Waals surface area contributed by atoms with E-state index < -0.39 is 0 Å². The highest BCUT2D eigenvalue weighted by atomic mass is 16.2. The Bertz CT molecular complexity index is 448. The summed E-state index contributed by atoms with van der Waals surface area (Å²) in [6, 6.07) is 6.04. The van der Waals surface area contributed by atoms with Gasteiger partial charge in [-0.25, -0.2) is 9.78 Å². The Labute approximate surface area is 120 Å². The Kier molecular flexibility index (Phi) is 4.98. The van der Waals surface area contributed by atoms with E-state index in [1.165, 1.54) is 0 Å². The van der Waals surface area contributed by atoms with Crippen molar-refractivity contribution in [3.63, 3.8) is 0 Å². The van der Waals surface area contributed by atoms with Crippen molar-refractivity contribution in [3.05, 3.63) is 37.1 Å². The number of rotatable bonds is 4. The second kappa shape index (κ2) is 6.93. The van der Waals surface area contributed by atoms with E-state index in [9.17, 15) is 4.79 Å². The molecule has 1 aromatic rings. The number of nitrogens with zero attached hydrogens (tertiary/aromatic N) is 3. The van der Waals surface area contributed by atoms with Crippen molar-refractivity contribution in [1.29, 1.82) is 0 Å². The van der Waals surface area contributed by atoms with Crippen LogP contribution in [0.2, 0.25) is 0 Å². The highest BCUT2D eigenvalue weighted by Crippen LogP contribution is 2.17. The average molecular weight is 274 g/mol. The Morgan fingerprint density at radius 2 is 2.50 bits per heavy atom. The third-order valence-corrected chi connectivity index (χ3v) is 3.47. The van der Waals surface area contributed by atoms with E-state index in [-0.39, 0.29) is 12.1 Å². The number of anilines is 1. The zero-order chi connectivity index (χ0) is 14.4. The van der Waals surface area contributed by atoms with Crippen LogP contribution in [0.3, 0.4) is 0 Å². The fraction of sp³-hybridized carbons (Fsp3) is 0.467. The molecule has 0 bridgehead atoms. The molecule has 2 amide bonds. The average Bonchev–Trinajstić information content (AvgIpc) is 2.48. The first-order chi connectivity index (χ1) is 9.70. The molecule has 1 fully saturated rings. The zero-order valence-corrected chi connectivity index (χ0v) is 12.0. The van der Waals surface area contributed by atoms with Gasteiger partial charge in [-0.1, -0.05) is 12.1 Å². The van der Waals surface area contributed by atoms with Gasteiger partial charge in [-0.3, -0.25) is 0 Å². The summed E-state index contributed by atoms with van der Waals surface area (Å²) in [6.45, 7) is 6.00. The summed E-state index contributed by atoms with van der Waals surface area (Å²) in [5, 5.41) is 3.07. The van der Waals surface area contributed by atoms with Gasteiger partial charge in [-0.2, -0.15) is 0 Å². The van der Waals surface area contributed by atoms with Gasteiger partial charge in [0.2, 0.25) is 0 Å². The van der Waals surface area contributed by atoms with Crippen molar-refractivity contribution >= 4 is 11.8 Å². The lowest BCUT2D eigenvalue weighted by atomic mass is 10.1. The van der Waals surface area contributed by atoms with E-state index in [0.29, 0.717) is 6.54 Å². The zero-order valence-electron chi connectivity index (χ0n) is 12.0. The van der Waals surface area contributed by atoms with Crippen LogP contribution in [0.15, 0.2) is 37.1 Å². The molecule has 0 radical (unpaired) electrons. The van der Waals surface area contributed by atoms with Gasteiger partial charge in [0.1, 0.15) is 5.82 Å². The molecule has 1 aromatic heterocycles. The summed E-state index contributed by atoms with van der Waals surface area (Å²) in [4.78, 5) is 20.2. The topological polar surface area (TPSA) is 48.5 Å². The van der Waals surface area contributed by atoms with E-state index >= 15 is 0 Å². The van der Waals surface area contributed by atoms with Crippen molar-refractivity contribution in [1.82, 2.24) is 15.2 Å². The number of carbonyl (C=O) groups is 1. The van der Waals surface area contributed by atoms with Crippen LogP contribution in [-0.4, -0.2) is 48.6 Å². The van der Waals surface area contributed by atoms with Crippen LogP contribution < -0.4 is 10.2 Å². The van der Waals surface area contributed by atoms with Gasteiger partial charge in [0.05, 0.1) is 0 Å². The van der Waals surface area contributed by atoms with Gasteiger partial charge in [-0.15, -0.1) is 6.58 Å². The minimum Gasteiger partial charge on any atom is -0.355 e. The third-order valence-electron chi connectivity index (χ3n) is 3.47. The lowest BCUT2D eigenvalue weighted by Gasteiger charge is -2.34. The van der Waals surface area contributed by atoms with E-state index in [1.807, 2.05) is 18.2 Å².